The number of rotatable bonds is 7. The van der Waals surface area contributed by atoms with Gasteiger partial charge in [0.25, 0.3) is 0 Å². The summed E-state index contributed by atoms with van der Waals surface area (Å²) >= 11 is 6.09. The first-order valence-corrected chi connectivity index (χ1v) is 10.3. The fourth-order valence-electron chi connectivity index (χ4n) is 3.32. The molecule has 1 fully saturated rings. The van der Waals surface area contributed by atoms with Crippen LogP contribution in [-0.2, 0) is 24.2 Å². The molecule has 2 N–H and O–H groups in total. The number of hydrogen-bond donors (Lipinski definition) is 2. The Labute approximate surface area is 200 Å². The molecule has 2 aromatic rings. The highest BCUT2D eigenvalue weighted by Crippen LogP contribution is 2.17. The van der Waals surface area contributed by atoms with E-state index in [1.807, 2.05) is 0 Å². The summed E-state index contributed by atoms with van der Waals surface area (Å²) in [5.74, 6) is 0.407. The second-order valence-corrected chi connectivity index (χ2v) is 7.40. The topological polar surface area (TPSA) is 48.9 Å². The van der Waals surface area contributed by atoms with E-state index in [9.17, 15) is 4.39 Å². The van der Waals surface area contributed by atoms with E-state index in [4.69, 9.17) is 16.3 Å². The highest BCUT2D eigenvalue weighted by Gasteiger charge is 2.13. The first-order chi connectivity index (χ1) is 14.2. The first kappa shape index (κ1) is 24.8. The molecule has 1 aliphatic rings. The van der Waals surface area contributed by atoms with Crippen LogP contribution < -0.4 is 10.6 Å². The Morgan fingerprint density at radius 2 is 1.83 bits per heavy atom. The molecule has 0 unspecified atom stereocenters. The number of aliphatic imine (C=N–C) groups is 1. The largest absolute Gasteiger partial charge is 0.379 e. The number of nitrogens with one attached hydrogen (secondary N) is 2. The Bertz CT molecular complexity index is 831. The van der Waals surface area contributed by atoms with Crippen LogP contribution in [0.5, 0.6) is 0 Å². The molecule has 0 aromatic heterocycles. The number of hydrogen-bond acceptors (Lipinski definition) is 3. The van der Waals surface area contributed by atoms with Crippen molar-refractivity contribution < 1.29 is 9.13 Å². The van der Waals surface area contributed by atoms with Gasteiger partial charge >= 0.3 is 0 Å². The van der Waals surface area contributed by atoms with Crippen molar-refractivity contribution in [3.8, 4) is 0 Å². The van der Waals surface area contributed by atoms with E-state index in [1.54, 1.807) is 13.1 Å². The number of nitrogens with zero attached hydrogens (tertiary/aromatic N) is 2. The van der Waals surface area contributed by atoms with Gasteiger partial charge in [0.1, 0.15) is 5.82 Å². The lowest BCUT2D eigenvalue weighted by Gasteiger charge is -2.27. The van der Waals surface area contributed by atoms with Gasteiger partial charge in [0, 0.05) is 44.8 Å². The van der Waals surface area contributed by atoms with Crippen LogP contribution in [0.25, 0.3) is 0 Å². The van der Waals surface area contributed by atoms with Crippen LogP contribution in [0.2, 0.25) is 5.02 Å². The number of ether oxygens (including phenoxy) is 1. The van der Waals surface area contributed by atoms with Gasteiger partial charge < -0.3 is 15.4 Å². The maximum atomic E-state index is 13.2. The molecule has 30 heavy (non-hydrogen) atoms. The molecular weight excluding hydrogens is 518 g/mol. The molecule has 1 saturated heterocycles. The quantitative estimate of drug-likeness (QED) is 0.315. The van der Waals surface area contributed by atoms with Crippen molar-refractivity contribution >= 4 is 41.5 Å². The van der Waals surface area contributed by atoms with E-state index >= 15 is 0 Å². The van der Waals surface area contributed by atoms with E-state index in [0.29, 0.717) is 24.5 Å². The molecule has 8 heteroatoms. The van der Waals surface area contributed by atoms with E-state index in [1.165, 1.54) is 23.3 Å². The second kappa shape index (κ2) is 13.1. The van der Waals surface area contributed by atoms with Crippen LogP contribution in [0.1, 0.15) is 16.7 Å². The van der Waals surface area contributed by atoms with Gasteiger partial charge in [-0.2, -0.15) is 0 Å². The Balaban J connectivity index is 0.00000320. The maximum Gasteiger partial charge on any atom is 0.191 e. The molecule has 0 atom stereocenters. The predicted molar refractivity (Wildman–Crippen MR) is 131 cm³/mol. The third-order valence-corrected chi connectivity index (χ3v) is 5.34. The standard InChI is InChI=1S/C22H28ClFN4O.HI/c1-25-22(26-9-8-17-6-7-20(24)14-21(17)23)27-15-18-4-2-3-5-19(18)16-28-10-12-29-13-11-28;/h2-7,14H,8-13,15-16H2,1H3,(H2,25,26,27);1H. The summed E-state index contributed by atoms with van der Waals surface area (Å²) < 4.78 is 18.6. The van der Waals surface area contributed by atoms with Crippen molar-refractivity contribution in [1.29, 1.82) is 0 Å². The van der Waals surface area contributed by atoms with Crippen LogP contribution in [0, 0.1) is 5.82 Å². The predicted octanol–water partition coefficient (Wildman–Crippen LogP) is 3.84. The average molecular weight is 547 g/mol. The van der Waals surface area contributed by atoms with Crippen molar-refractivity contribution in [2.24, 2.45) is 4.99 Å². The van der Waals surface area contributed by atoms with E-state index < -0.39 is 0 Å². The van der Waals surface area contributed by atoms with Crippen LogP contribution in [0.15, 0.2) is 47.5 Å². The highest BCUT2D eigenvalue weighted by atomic mass is 127. The third-order valence-electron chi connectivity index (χ3n) is 4.99. The monoisotopic (exact) mass is 546 g/mol. The normalized spacial score (nSPS) is 14.8. The van der Waals surface area contributed by atoms with Crippen LogP contribution in [0.4, 0.5) is 4.39 Å². The van der Waals surface area contributed by atoms with Crippen molar-refractivity contribution in [3.05, 3.63) is 70.0 Å². The van der Waals surface area contributed by atoms with Gasteiger partial charge in [0.2, 0.25) is 0 Å². The van der Waals surface area contributed by atoms with Gasteiger partial charge in [0.15, 0.2) is 5.96 Å². The van der Waals surface area contributed by atoms with Crippen molar-refractivity contribution in [2.45, 2.75) is 19.5 Å². The fraction of sp³-hybridized carbons (Fsp3) is 0.409. The molecule has 0 amide bonds. The Kier molecular flexibility index (Phi) is 10.8. The lowest BCUT2D eigenvalue weighted by atomic mass is 10.1. The third kappa shape index (κ3) is 7.68. The number of halogens is 3. The zero-order valence-electron chi connectivity index (χ0n) is 17.2. The van der Waals surface area contributed by atoms with Gasteiger partial charge in [-0.1, -0.05) is 41.9 Å². The molecule has 3 rings (SSSR count). The minimum atomic E-state index is -0.320. The molecule has 0 saturated carbocycles. The molecule has 0 radical (unpaired) electrons. The summed E-state index contributed by atoms with van der Waals surface area (Å²) in [7, 11) is 1.75. The molecule has 5 nitrogen and oxygen atoms in total. The number of guanidine groups is 1. The summed E-state index contributed by atoms with van der Waals surface area (Å²) in [5.41, 5.74) is 3.48. The summed E-state index contributed by atoms with van der Waals surface area (Å²) in [4.78, 5) is 6.71. The summed E-state index contributed by atoms with van der Waals surface area (Å²) in [5, 5.41) is 7.12. The summed E-state index contributed by atoms with van der Waals surface area (Å²) in [6.07, 6.45) is 0.688. The van der Waals surface area contributed by atoms with E-state index in [-0.39, 0.29) is 29.8 Å². The van der Waals surface area contributed by atoms with Gasteiger partial charge in [-0.05, 0) is 35.2 Å². The number of benzene rings is 2. The molecule has 0 bridgehead atoms. The average Bonchev–Trinajstić information content (AvgIpc) is 2.73. The zero-order valence-corrected chi connectivity index (χ0v) is 20.3. The van der Waals surface area contributed by atoms with Gasteiger partial charge in [-0.25, -0.2) is 4.39 Å². The van der Waals surface area contributed by atoms with Crippen molar-refractivity contribution in [2.75, 3.05) is 39.9 Å². The van der Waals surface area contributed by atoms with Crippen molar-refractivity contribution in [1.82, 2.24) is 15.5 Å². The molecular formula is C22H29ClFIN4O. The van der Waals surface area contributed by atoms with Gasteiger partial charge in [-0.15, -0.1) is 24.0 Å². The molecule has 0 aliphatic carbocycles. The first-order valence-electron chi connectivity index (χ1n) is 9.91. The van der Waals surface area contributed by atoms with Gasteiger partial charge in [-0.3, -0.25) is 9.89 Å². The second-order valence-electron chi connectivity index (χ2n) is 7.00. The van der Waals surface area contributed by atoms with Gasteiger partial charge in [0.05, 0.1) is 13.2 Å². The Morgan fingerprint density at radius 1 is 1.10 bits per heavy atom. The lowest BCUT2D eigenvalue weighted by Crippen LogP contribution is -2.38. The van der Waals surface area contributed by atoms with Crippen LogP contribution in [-0.4, -0.2) is 50.8 Å². The smallest absolute Gasteiger partial charge is 0.191 e. The van der Waals surface area contributed by atoms with Crippen molar-refractivity contribution in [3.63, 3.8) is 0 Å². The molecule has 164 valence electrons. The lowest BCUT2D eigenvalue weighted by molar-refractivity contribution is 0.0341. The Hall–Kier alpha value is -1.42. The molecule has 1 heterocycles. The van der Waals surface area contributed by atoms with Crippen LogP contribution in [0.3, 0.4) is 0 Å². The minimum Gasteiger partial charge on any atom is -0.379 e. The Morgan fingerprint density at radius 3 is 2.53 bits per heavy atom. The zero-order chi connectivity index (χ0) is 20.5. The number of morpholine rings is 1. The fourth-order valence-corrected chi connectivity index (χ4v) is 3.59. The minimum absolute atomic E-state index is 0. The maximum absolute atomic E-state index is 13.2. The van der Waals surface area contributed by atoms with Crippen LogP contribution >= 0.6 is 35.6 Å². The van der Waals surface area contributed by atoms with E-state index in [2.05, 4.69) is 44.8 Å². The summed E-state index contributed by atoms with van der Waals surface area (Å²) in [6, 6.07) is 13.0. The SMILES string of the molecule is CN=C(NCCc1ccc(F)cc1Cl)NCc1ccccc1CN1CCOCC1.I. The highest BCUT2D eigenvalue weighted by molar-refractivity contribution is 14.0. The molecule has 2 aromatic carbocycles. The summed E-state index contributed by atoms with van der Waals surface area (Å²) in [6.45, 7) is 5.81. The molecule has 1 aliphatic heterocycles. The van der Waals surface area contributed by atoms with E-state index in [0.717, 1.165) is 44.4 Å². The molecule has 0 spiro atoms.